The lowest BCUT2D eigenvalue weighted by molar-refractivity contribution is -0.384. The van der Waals surface area contributed by atoms with Crippen molar-refractivity contribution >= 4 is 23.5 Å². The number of benzene rings is 2. The second-order valence-corrected chi connectivity index (χ2v) is 6.48. The van der Waals surface area contributed by atoms with Crippen LogP contribution in [0, 0.1) is 23.0 Å². The molecule has 0 aromatic heterocycles. The third kappa shape index (κ3) is 3.72. The molecule has 7 nitrogen and oxygen atoms in total. The first-order chi connectivity index (χ1) is 12.8. The second-order valence-electron chi connectivity index (χ2n) is 6.48. The number of ketones is 1. The van der Waals surface area contributed by atoms with Crippen LogP contribution in [0.25, 0.3) is 6.08 Å². The maximum Gasteiger partial charge on any atom is 0.313 e. The first-order valence-electron chi connectivity index (χ1n) is 8.31. The van der Waals surface area contributed by atoms with Gasteiger partial charge in [-0.05, 0) is 30.2 Å². The maximum atomic E-state index is 12.6. The van der Waals surface area contributed by atoms with Crippen LogP contribution in [0.5, 0.6) is 11.5 Å². The topological polar surface area (TPSA) is 95.7 Å². The molecule has 0 bridgehead atoms. The van der Waals surface area contributed by atoms with Gasteiger partial charge in [-0.2, -0.15) is 0 Å². The van der Waals surface area contributed by atoms with Crippen LogP contribution in [0.2, 0.25) is 0 Å². The summed E-state index contributed by atoms with van der Waals surface area (Å²) in [5, 5.41) is 10.9. The third-order valence-electron chi connectivity index (χ3n) is 4.01. The lowest BCUT2D eigenvalue weighted by Crippen LogP contribution is -2.14. The number of rotatable bonds is 4. The highest BCUT2D eigenvalue weighted by molar-refractivity contribution is 6.15. The summed E-state index contributed by atoms with van der Waals surface area (Å²) >= 11 is 0. The van der Waals surface area contributed by atoms with Gasteiger partial charge in [-0.1, -0.05) is 26.0 Å². The number of carbonyl (C=O) groups excluding carboxylic acids is 2. The number of allylic oxidation sites excluding steroid dienone is 1. The van der Waals surface area contributed by atoms with Gasteiger partial charge in [0.2, 0.25) is 5.78 Å². The minimum absolute atomic E-state index is 0.0564. The Morgan fingerprint density at radius 1 is 1.26 bits per heavy atom. The fourth-order valence-corrected chi connectivity index (χ4v) is 2.65. The van der Waals surface area contributed by atoms with Gasteiger partial charge in [-0.3, -0.25) is 19.7 Å². The highest BCUT2D eigenvalue weighted by Crippen LogP contribution is 2.37. The largest absolute Gasteiger partial charge is 0.452 e. The third-order valence-corrected chi connectivity index (χ3v) is 4.01. The quantitative estimate of drug-likeness (QED) is 0.266. The molecule has 3 rings (SSSR count). The smallest absolute Gasteiger partial charge is 0.313 e. The molecule has 2 aromatic carbocycles. The monoisotopic (exact) mass is 367 g/mol. The first kappa shape index (κ1) is 18.3. The summed E-state index contributed by atoms with van der Waals surface area (Å²) in [6, 6.07) is 9.00. The zero-order valence-electron chi connectivity index (χ0n) is 15.0. The molecule has 0 spiro atoms. The lowest BCUT2D eigenvalue weighted by Gasteiger charge is -2.09. The number of fused-ring (bicyclic) bond motifs is 1. The Bertz CT molecular complexity index is 990. The van der Waals surface area contributed by atoms with E-state index in [4.69, 9.17) is 9.47 Å². The van der Waals surface area contributed by atoms with Crippen LogP contribution in [0.15, 0.2) is 42.2 Å². The summed E-state index contributed by atoms with van der Waals surface area (Å²) in [5.41, 5.74) is 1.40. The van der Waals surface area contributed by atoms with Gasteiger partial charge in [0.05, 0.1) is 16.4 Å². The van der Waals surface area contributed by atoms with Crippen LogP contribution in [-0.4, -0.2) is 16.7 Å². The average Bonchev–Trinajstić information content (AvgIpc) is 2.91. The highest BCUT2D eigenvalue weighted by Gasteiger charge is 2.30. The second kappa shape index (κ2) is 7.03. The summed E-state index contributed by atoms with van der Waals surface area (Å²) in [4.78, 5) is 34.8. The molecular weight excluding hydrogens is 350 g/mol. The number of hydrogen-bond acceptors (Lipinski definition) is 6. The van der Waals surface area contributed by atoms with Crippen LogP contribution in [-0.2, 0) is 4.79 Å². The molecule has 0 radical (unpaired) electrons. The number of esters is 1. The van der Waals surface area contributed by atoms with Crippen molar-refractivity contribution in [2.24, 2.45) is 5.92 Å². The molecule has 0 amide bonds. The Morgan fingerprint density at radius 2 is 2.00 bits per heavy atom. The Hall–Kier alpha value is -3.48. The van der Waals surface area contributed by atoms with E-state index in [0.717, 1.165) is 0 Å². The van der Waals surface area contributed by atoms with Crippen molar-refractivity contribution in [1.29, 1.82) is 0 Å². The van der Waals surface area contributed by atoms with E-state index in [1.54, 1.807) is 32.9 Å². The van der Waals surface area contributed by atoms with E-state index in [0.29, 0.717) is 28.2 Å². The van der Waals surface area contributed by atoms with E-state index in [1.165, 1.54) is 30.3 Å². The predicted octanol–water partition coefficient (Wildman–Crippen LogP) is 4.08. The van der Waals surface area contributed by atoms with Crippen LogP contribution in [0.1, 0.15) is 35.3 Å². The van der Waals surface area contributed by atoms with E-state index >= 15 is 0 Å². The number of ether oxygens (including phenoxy) is 2. The number of nitrogens with zero attached hydrogens (tertiary/aromatic N) is 1. The number of hydrogen-bond donors (Lipinski definition) is 0. The van der Waals surface area contributed by atoms with Crippen molar-refractivity contribution in [1.82, 2.24) is 0 Å². The van der Waals surface area contributed by atoms with E-state index < -0.39 is 4.92 Å². The molecule has 1 aliphatic rings. The molecule has 0 saturated carbocycles. The van der Waals surface area contributed by atoms with Gasteiger partial charge in [-0.15, -0.1) is 0 Å². The molecular formula is C20H17NO6. The molecule has 0 unspecified atom stereocenters. The van der Waals surface area contributed by atoms with Crippen LogP contribution >= 0.6 is 0 Å². The van der Waals surface area contributed by atoms with Gasteiger partial charge in [0.15, 0.2) is 5.76 Å². The molecule has 1 aliphatic heterocycles. The summed E-state index contributed by atoms with van der Waals surface area (Å²) in [7, 11) is 0. The summed E-state index contributed by atoms with van der Waals surface area (Å²) in [6.45, 7) is 5.17. The molecule has 138 valence electrons. The standard InChI is InChI=1S/C20H17NO6/c1-11(2)20(23)26-15-7-12(3)18-16(10-15)27-17(19(18)22)9-13-5-4-6-14(8-13)21(24)25/h4-11H,1-3H3/b17-9-. The van der Waals surface area contributed by atoms with Crippen molar-refractivity contribution in [3.8, 4) is 11.5 Å². The minimum atomic E-state index is -0.506. The Morgan fingerprint density at radius 3 is 2.67 bits per heavy atom. The lowest BCUT2D eigenvalue weighted by atomic mass is 10.0. The maximum absolute atomic E-state index is 12.6. The number of aryl methyl sites for hydroxylation is 1. The van der Waals surface area contributed by atoms with Crippen LogP contribution in [0.3, 0.4) is 0 Å². The zero-order chi connectivity index (χ0) is 19.7. The van der Waals surface area contributed by atoms with Gasteiger partial charge >= 0.3 is 5.97 Å². The van der Waals surface area contributed by atoms with Crippen LogP contribution < -0.4 is 9.47 Å². The van der Waals surface area contributed by atoms with E-state index in [9.17, 15) is 19.7 Å². The normalized spacial score (nSPS) is 14.2. The van der Waals surface area contributed by atoms with Crippen molar-refractivity contribution in [3.63, 3.8) is 0 Å². The van der Waals surface area contributed by atoms with E-state index in [1.807, 2.05) is 0 Å². The molecule has 7 heteroatoms. The number of Topliss-reactive ketones (excluding diaryl/α,β-unsaturated/α-hetero) is 1. The number of nitro benzene ring substituents is 1. The van der Waals surface area contributed by atoms with Gasteiger partial charge in [-0.25, -0.2) is 0 Å². The Kier molecular flexibility index (Phi) is 4.77. The van der Waals surface area contributed by atoms with E-state index in [-0.39, 0.29) is 29.1 Å². The van der Waals surface area contributed by atoms with Crippen molar-refractivity contribution in [2.45, 2.75) is 20.8 Å². The molecule has 1 heterocycles. The molecule has 27 heavy (non-hydrogen) atoms. The fraction of sp³-hybridized carbons (Fsp3) is 0.200. The molecule has 2 aromatic rings. The van der Waals surface area contributed by atoms with Gasteiger partial charge in [0, 0.05) is 18.2 Å². The summed E-state index contributed by atoms with van der Waals surface area (Å²) in [6.07, 6.45) is 1.45. The van der Waals surface area contributed by atoms with Crippen LogP contribution in [0.4, 0.5) is 5.69 Å². The van der Waals surface area contributed by atoms with Crippen molar-refractivity contribution < 1.29 is 24.0 Å². The number of non-ortho nitro benzene ring substituents is 1. The molecule has 0 fully saturated rings. The number of nitro groups is 1. The number of carbonyl (C=O) groups is 2. The van der Waals surface area contributed by atoms with Crippen molar-refractivity contribution in [3.05, 3.63) is 69.0 Å². The van der Waals surface area contributed by atoms with Gasteiger partial charge in [0.1, 0.15) is 11.5 Å². The molecule has 0 atom stereocenters. The Labute approximate surface area is 155 Å². The highest BCUT2D eigenvalue weighted by atomic mass is 16.6. The summed E-state index contributed by atoms with van der Waals surface area (Å²) in [5.74, 6) is -0.342. The van der Waals surface area contributed by atoms with E-state index in [2.05, 4.69) is 0 Å². The SMILES string of the molecule is Cc1cc(OC(=O)C(C)C)cc2c1C(=O)/C(=C/c1cccc([N+](=O)[O-])c1)O2. The summed E-state index contributed by atoms with van der Waals surface area (Å²) < 4.78 is 10.9. The van der Waals surface area contributed by atoms with Gasteiger partial charge < -0.3 is 9.47 Å². The van der Waals surface area contributed by atoms with Crippen molar-refractivity contribution in [2.75, 3.05) is 0 Å². The molecule has 0 N–H and O–H groups in total. The Balaban J connectivity index is 1.93. The predicted molar refractivity (Wildman–Crippen MR) is 97.7 cm³/mol. The van der Waals surface area contributed by atoms with Gasteiger partial charge in [0.25, 0.3) is 5.69 Å². The molecule has 0 saturated heterocycles. The zero-order valence-corrected chi connectivity index (χ0v) is 15.0. The fourth-order valence-electron chi connectivity index (χ4n) is 2.65. The molecule has 0 aliphatic carbocycles. The average molecular weight is 367 g/mol. The first-order valence-corrected chi connectivity index (χ1v) is 8.31. The minimum Gasteiger partial charge on any atom is -0.452 e.